The van der Waals surface area contributed by atoms with Gasteiger partial charge >= 0.3 is 6.09 Å². The van der Waals surface area contributed by atoms with Gasteiger partial charge in [-0.05, 0) is 36.2 Å². The van der Waals surface area contributed by atoms with E-state index in [1.807, 2.05) is 11.8 Å². The number of Topliss-reactive ketones (excluding diaryl/α,β-unsaturated/α-hetero) is 1. The van der Waals surface area contributed by atoms with Gasteiger partial charge in [0.15, 0.2) is 5.78 Å². The first-order valence-corrected chi connectivity index (χ1v) is 11.6. The van der Waals surface area contributed by atoms with Crippen molar-refractivity contribution in [3.63, 3.8) is 0 Å². The fourth-order valence-electron chi connectivity index (χ4n) is 4.59. The van der Waals surface area contributed by atoms with Crippen LogP contribution in [0.4, 0.5) is 23.7 Å². The van der Waals surface area contributed by atoms with Gasteiger partial charge < -0.3 is 20.7 Å². The number of anilines is 1. The summed E-state index contributed by atoms with van der Waals surface area (Å²) >= 11 is 0. The second-order valence-corrected chi connectivity index (χ2v) is 8.94. The molecule has 0 bridgehead atoms. The number of amides is 1. The van der Waals surface area contributed by atoms with Crippen molar-refractivity contribution in [3.05, 3.63) is 77.5 Å². The zero-order valence-electron chi connectivity index (χ0n) is 20.2. The second-order valence-electron chi connectivity index (χ2n) is 8.94. The topological polar surface area (TPSA) is 110 Å². The van der Waals surface area contributed by atoms with Crippen LogP contribution in [-0.2, 0) is 11.2 Å². The molecule has 1 fully saturated rings. The van der Waals surface area contributed by atoms with Crippen molar-refractivity contribution in [2.75, 3.05) is 25.1 Å². The average molecular weight is 514 g/mol. The van der Waals surface area contributed by atoms with Crippen LogP contribution in [0.1, 0.15) is 23.0 Å². The van der Waals surface area contributed by atoms with Crippen molar-refractivity contribution in [2.45, 2.75) is 25.4 Å². The van der Waals surface area contributed by atoms with Crippen LogP contribution in [-0.4, -0.2) is 54.1 Å². The molecule has 3 atom stereocenters. The molecule has 0 aliphatic carbocycles. The van der Waals surface area contributed by atoms with Gasteiger partial charge in [0.1, 0.15) is 28.8 Å². The molecule has 3 N–H and O–H groups in total. The van der Waals surface area contributed by atoms with Crippen LogP contribution < -0.4 is 16.0 Å². The molecule has 3 aromatic rings. The summed E-state index contributed by atoms with van der Waals surface area (Å²) in [7, 11) is 1.28. The van der Waals surface area contributed by atoms with E-state index in [0.717, 1.165) is 30.0 Å². The molecule has 1 saturated heterocycles. The second kappa shape index (κ2) is 11.0. The third kappa shape index (κ3) is 5.56. The first kappa shape index (κ1) is 26.1. The minimum atomic E-state index is -0.985. The van der Waals surface area contributed by atoms with Gasteiger partial charge in [0.05, 0.1) is 18.7 Å². The fourth-order valence-corrected chi connectivity index (χ4v) is 4.59. The Balaban J connectivity index is 1.57. The van der Waals surface area contributed by atoms with E-state index >= 15 is 0 Å². The summed E-state index contributed by atoms with van der Waals surface area (Å²) in [6, 6.07) is 6.34. The summed E-state index contributed by atoms with van der Waals surface area (Å²) in [4.78, 5) is 34.9. The van der Waals surface area contributed by atoms with Gasteiger partial charge in [-0.1, -0.05) is 13.0 Å². The molecule has 0 radical (unpaired) electrons. The fraction of sp³-hybridized carbons (Fsp3) is 0.308. The molecule has 1 aliphatic rings. The summed E-state index contributed by atoms with van der Waals surface area (Å²) in [5.74, 6) is -3.43. The number of rotatable bonds is 6. The Morgan fingerprint density at radius 2 is 1.84 bits per heavy atom. The van der Waals surface area contributed by atoms with E-state index in [2.05, 4.69) is 20.0 Å². The highest BCUT2D eigenvalue weighted by Gasteiger charge is 2.34. The van der Waals surface area contributed by atoms with Crippen LogP contribution in [0.2, 0.25) is 0 Å². The highest BCUT2D eigenvalue weighted by Crippen LogP contribution is 2.29. The third-order valence-electron chi connectivity index (χ3n) is 6.38. The summed E-state index contributed by atoms with van der Waals surface area (Å²) < 4.78 is 47.6. The van der Waals surface area contributed by atoms with E-state index in [-0.39, 0.29) is 24.1 Å². The maximum atomic E-state index is 14.4. The van der Waals surface area contributed by atoms with Crippen molar-refractivity contribution in [2.24, 2.45) is 11.7 Å². The van der Waals surface area contributed by atoms with Crippen molar-refractivity contribution >= 4 is 17.6 Å². The van der Waals surface area contributed by atoms with E-state index in [4.69, 9.17) is 5.73 Å². The molecular formula is C26H26F3N5O3. The molecule has 1 aliphatic heterocycles. The average Bonchev–Trinajstić information content (AvgIpc) is 2.87. The van der Waals surface area contributed by atoms with Gasteiger partial charge in [-0.15, -0.1) is 0 Å². The number of hydrogen-bond donors (Lipinski definition) is 2. The largest absolute Gasteiger partial charge is 0.453 e. The number of aromatic nitrogens is 2. The minimum absolute atomic E-state index is 0.0310. The Bertz CT molecular complexity index is 1290. The van der Waals surface area contributed by atoms with Crippen molar-refractivity contribution in [1.29, 1.82) is 0 Å². The summed E-state index contributed by atoms with van der Waals surface area (Å²) in [6.07, 6.45) is 2.44. The lowest BCUT2D eigenvalue weighted by Crippen LogP contribution is -2.62. The lowest BCUT2D eigenvalue weighted by Gasteiger charge is -2.42. The van der Waals surface area contributed by atoms with Crippen molar-refractivity contribution < 1.29 is 27.5 Å². The van der Waals surface area contributed by atoms with Crippen LogP contribution in [0, 0.1) is 23.4 Å². The molecule has 0 spiro atoms. The van der Waals surface area contributed by atoms with Crippen LogP contribution >= 0.6 is 0 Å². The molecule has 0 saturated carbocycles. The number of carbonyl (C=O) groups excluding carboxylic acids is 2. The highest BCUT2D eigenvalue weighted by molar-refractivity contribution is 5.97. The minimum Gasteiger partial charge on any atom is -0.453 e. The van der Waals surface area contributed by atoms with E-state index in [1.54, 1.807) is 18.5 Å². The van der Waals surface area contributed by atoms with E-state index in [0.29, 0.717) is 18.7 Å². The van der Waals surface area contributed by atoms with Crippen LogP contribution in [0.5, 0.6) is 0 Å². The lowest BCUT2D eigenvalue weighted by molar-refractivity contribution is 0.0988. The third-order valence-corrected chi connectivity index (χ3v) is 6.38. The standard InChI is InChI=1S/C26H26F3N5O3/c1-14-12-34(13-19(30)24(14)33-26(36)37-2)21-8-9-31-11-15(21)10-22(35)20-7-6-18(29)25(32-20)23-16(27)4-3-5-17(23)28/h3-9,11,14,19,24H,10,12-13,30H2,1-2H3,(H,33,36)/t14-,19+,24-/m0/s1. The molecule has 2 aromatic heterocycles. The quantitative estimate of drug-likeness (QED) is 0.486. The van der Waals surface area contributed by atoms with E-state index < -0.39 is 46.6 Å². The van der Waals surface area contributed by atoms with Crippen LogP contribution in [0.3, 0.4) is 0 Å². The summed E-state index contributed by atoms with van der Waals surface area (Å²) in [5.41, 5.74) is 6.31. The van der Waals surface area contributed by atoms with Crippen LogP contribution in [0.15, 0.2) is 48.8 Å². The number of ether oxygens (including phenoxy) is 1. The number of piperidine rings is 1. The molecule has 11 heteroatoms. The zero-order valence-corrected chi connectivity index (χ0v) is 20.2. The predicted octanol–water partition coefficient (Wildman–Crippen LogP) is 3.49. The Morgan fingerprint density at radius 1 is 1.11 bits per heavy atom. The number of carbonyl (C=O) groups is 2. The van der Waals surface area contributed by atoms with E-state index in [9.17, 15) is 22.8 Å². The van der Waals surface area contributed by atoms with Gasteiger partial charge in [-0.3, -0.25) is 9.78 Å². The van der Waals surface area contributed by atoms with E-state index in [1.165, 1.54) is 13.2 Å². The maximum Gasteiger partial charge on any atom is 0.407 e. The molecular weight excluding hydrogens is 487 g/mol. The van der Waals surface area contributed by atoms with Gasteiger partial charge in [0.2, 0.25) is 0 Å². The number of halogens is 3. The van der Waals surface area contributed by atoms with Gasteiger partial charge in [-0.2, -0.15) is 0 Å². The first-order chi connectivity index (χ1) is 17.7. The molecule has 1 aromatic carbocycles. The number of methoxy groups -OCH3 is 1. The number of nitrogens with zero attached hydrogens (tertiary/aromatic N) is 3. The number of alkyl carbamates (subject to hydrolysis) is 1. The smallest absolute Gasteiger partial charge is 0.407 e. The Kier molecular flexibility index (Phi) is 7.72. The van der Waals surface area contributed by atoms with Gasteiger partial charge in [0, 0.05) is 49.2 Å². The lowest BCUT2D eigenvalue weighted by atomic mass is 9.89. The number of hydrogen-bond acceptors (Lipinski definition) is 7. The molecule has 37 heavy (non-hydrogen) atoms. The highest BCUT2D eigenvalue weighted by atomic mass is 19.1. The molecule has 3 heterocycles. The van der Waals surface area contributed by atoms with Crippen molar-refractivity contribution in [1.82, 2.24) is 15.3 Å². The van der Waals surface area contributed by atoms with Crippen LogP contribution in [0.25, 0.3) is 11.3 Å². The molecule has 1 amide bonds. The van der Waals surface area contributed by atoms with Gasteiger partial charge in [0.25, 0.3) is 0 Å². The Hall–Kier alpha value is -3.99. The molecule has 4 rings (SSSR count). The Morgan fingerprint density at radius 3 is 2.51 bits per heavy atom. The first-order valence-electron chi connectivity index (χ1n) is 11.6. The number of ketones is 1. The normalized spacial score (nSPS) is 19.4. The zero-order chi connectivity index (χ0) is 26.7. The number of nitrogens with one attached hydrogen (secondary N) is 1. The summed E-state index contributed by atoms with van der Waals surface area (Å²) in [5, 5.41) is 2.77. The molecule has 194 valence electrons. The number of pyridine rings is 2. The molecule has 8 nitrogen and oxygen atoms in total. The molecule has 0 unspecified atom stereocenters. The summed E-state index contributed by atoms with van der Waals surface area (Å²) in [6.45, 7) is 2.89. The maximum absolute atomic E-state index is 14.4. The predicted molar refractivity (Wildman–Crippen MR) is 130 cm³/mol. The van der Waals surface area contributed by atoms with Crippen molar-refractivity contribution in [3.8, 4) is 11.3 Å². The number of benzene rings is 1. The SMILES string of the molecule is COC(=O)N[C@@H]1[C@H](N)CN(c2ccncc2CC(=O)c2ccc(F)c(-c3c(F)cccc3F)n2)C[C@@H]1C. The number of nitrogens with two attached hydrogens (primary N) is 1. The Labute approximate surface area is 211 Å². The monoisotopic (exact) mass is 513 g/mol. The van der Waals surface area contributed by atoms with Gasteiger partial charge in [-0.25, -0.2) is 22.9 Å².